The van der Waals surface area contributed by atoms with Crippen molar-refractivity contribution in [3.05, 3.63) is 289 Å². The third-order valence-electron chi connectivity index (χ3n) is 14.8. The highest BCUT2D eigenvalue weighted by Gasteiger charge is 2.45. The molecule has 1 heterocycles. The third-order valence-corrected chi connectivity index (χ3v) is 14.8. The summed E-state index contributed by atoms with van der Waals surface area (Å²) in [5.41, 5.74) is 16.5. The van der Waals surface area contributed by atoms with Crippen molar-refractivity contribution in [3.8, 4) is 27.9 Å². The molecule has 322 valence electrons. The molecule has 0 unspecified atom stereocenters. The molecule has 0 bridgehead atoms. The van der Waals surface area contributed by atoms with Crippen LogP contribution in [0.15, 0.2) is 267 Å². The Balaban J connectivity index is 1.04. The average molecular weight is 877 g/mol. The maximum Gasteiger partial charge on any atom is 0.0713 e. The van der Waals surface area contributed by atoms with Gasteiger partial charge in [0.1, 0.15) is 0 Å². The number of benzene rings is 12. The summed E-state index contributed by atoms with van der Waals surface area (Å²) in [5.74, 6) is 0. The van der Waals surface area contributed by atoms with Crippen LogP contribution < -0.4 is 4.90 Å². The summed E-state index contributed by atoms with van der Waals surface area (Å²) < 4.78 is 2.56. The monoisotopic (exact) mass is 876 g/mol. The smallest absolute Gasteiger partial charge is 0.0713 e. The lowest BCUT2D eigenvalue weighted by atomic mass is 9.68. The Hall–Kier alpha value is -8.98. The van der Waals surface area contributed by atoms with Gasteiger partial charge < -0.3 is 9.47 Å². The molecule has 0 radical (unpaired) electrons. The fourth-order valence-corrected chi connectivity index (χ4v) is 11.9. The first-order chi connectivity index (χ1) is 34.3. The van der Waals surface area contributed by atoms with Crippen LogP contribution >= 0.6 is 0 Å². The van der Waals surface area contributed by atoms with Gasteiger partial charge in [-0.15, -0.1) is 0 Å². The largest absolute Gasteiger partial charge is 0.310 e. The number of anilines is 3. The van der Waals surface area contributed by atoms with Crippen LogP contribution in [0.5, 0.6) is 0 Å². The normalized spacial score (nSPS) is 12.8. The molecule has 2 heteroatoms. The molecule has 0 amide bonds. The standard InChI is InChI=1S/C67H44N2/c1-4-20-45(21-5-1)59-42-46-22-11-13-29-54(46)66-65(59)60-44-52(40-41-63(60)69(66)64-43-47-23-10-12-28-53(47)55-30-14-15-33-58(55)64)68(50-26-8-3-9-27-50)51-38-36-49(37-39-51)67(48-24-6-2-7-25-48)61-34-18-16-31-56(61)57-32-17-19-35-62(57)67/h1-44H. The number of hydrogen-bond donors (Lipinski definition) is 0. The molecular weight excluding hydrogens is 833 g/mol. The van der Waals surface area contributed by atoms with Crippen LogP contribution in [0.25, 0.3) is 82.1 Å². The van der Waals surface area contributed by atoms with Crippen molar-refractivity contribution < 1.29 is 0 Å². The van der Waals surface area contributed by atoms with Gasteiger partial charge >= 0.3 is 0 Å². The molecule has 2 nitrogen and oxygen atoms in total. The maximum absolute atomic E-state index is 2.56. The lowest BCUT2D eigenvalue weighted by Gasteiger charge is -2.34. The first-order valence-electron chi connectivity index (χ1n) is 23.9. The van der Waals surface area contributed by atoms with E-state index in [1.54, 1.807) is 0 Å². The molecule has 0 atom stereocenters. The Bertz CT molecular complexity index is 4070. The molecule has 0 spiro atoms. The third kappa shape index (κ3) is 5.86. The highest BCUT2D eigenvalue weighted by Crippen LogP contribution is 2.56. The number of aromatic nitrogens is 1. The van der Waals surface area contributed by atoms with Gasteiger partial charge in [-0.1, -0.05) is 212 Å². The minimum atomic E-state index is -0.477. The van der Waals surface area contributed by atoms with E-state index >= 15 is 0 Å². The van der Waals surface area contributed by atoms with E-state index in [0.29, 0.717) is 0 Å². The lowest BCUT2D eigenvalue weighted by Crippen LogP contribution is -2.28. The van der Waals surface area contributed by atoms with Crippen molar-refractivity contribution in [2.75, 3.05) is 4.90 Å². The van der Waals surface area contributed by atoms with Crippen LogP contribution in [0.2, 0.25) is 0 Å². The van der Waals surface area contributed by atoms with Crippen molar-refractivity contribution in [2.45, 2.75) is 5.41 Å². The summed E-state index contributed by atoms with van der Waals surface area (Å²) in [6.45, 7) is 0. The zero-order valence-corrected chi connectivity index (χ0v) is 37.8. The number of hydrogen-bond acceptors (Lipinski definition) is 1. The van der Waals surface area contributed by atoms with Crippen molar-refractivity contribution in [1.82, 2.24) is 4.57 Å². The molecule has 69 heavy (non-hydrogen) atoms. The Morgan fingerprint density at radius 2 is 0.826 bits per heavy atom. The van der Waals surface area contributed by atoms with Gasteiger partial charge in [-0.3, -0.25) is 0 Å². The van der Waals surface area contributed by atoms with Crippen molar-refractivity contribution >= 4 is 71.2 Å². The summed E-state index contributed by atoms with van der Waals surface area (Å²) in [4.78, 5) is 2.42. The predicted molar refractivity (Wildman–Crippen MR) is 291 cm³/mol. The molecule has 0 fully saturated rings. The fourth-order valence-electron chi connectivity index (χ4n) is 11.9. The summed E-state index contributed by atoms with van der Waals surface area (Å²) in [5, 5.41) is 9.82. The molecule has 1 aliphatic rings. The van der Waals surface area contributed by atoms with Crippen LogP contribution in [-0.2, 0) is 5.41 Å². The first kappa shape index (κ1) is 39.2. The Kier molecular flexibility index (Phi) is 8.84. The molecule has 0 saturated carbocycles. The molecule has 0 saturated heterocycles. The fraction of sp³-hybridized carbons (Fsp3) is 0.0149. The second-order valence-corrected chi connectivity index (χ2v) is 18.4. The molecule has 1 aliphatic carbocycles. The van der Waals surface area contributed by atoms with Gasteiger partial charge in [0, 0.05) is 38.6 Å². The molecule has 12 aromatic carbocycles. The van der Waals surface area contributed by atoms with Crippen LogP contribution in [0, 0.1) is 0 Å². The second kappa shape index (κ2) is 15.6. The zero-order chi connectivity index (χ0) is 45.5. The van der Waals surface area contributed by atoms with Crippen molar-refractivity contribution in [2.24, 2.45) is 0 Å². The predicted octanol–water partition coefficient (Wildman–Crippen LogP) is 17.7. The van der Waals surface area contributed by atoms with Crippen molar-refractivity contribution in [3.63, 3.8) is 0 Å². The van der Waals surface area contributed by atoms with E-state index in [2.05, 4.69) is 276 Å². The van der Waals surface area contributed by atoms with Gasteiger partial charge in [0.15, 0.2) is 0 Å². The summed E-state index contributed by atoms with van der Waals surface area (Å²) in [7, 11) is 0. The Morgan fingerprint density at radius 1 is 0.319 bits per heavy atom. The van der Waals surface area contributed by atoms with Gasteiger partial charge in [0.05, 0.1) is 22.1 Å². The van der Waals surface area contributed by atoms with E-state index in [0.717, 1.165) is 22.6 Å². The van der Waals surface area contributed by atoms with Crippen LogP contribution in [0.3, 0.4) is 0 Å². The van der Waals surface area contributed by atoms with Gasteiger partial charge in [-0.2, -0.15) is 0 Å². The number of para-hydroxylation sites is 1. The van der Waals surface area contributed by atoms with Gasteiger partial charge in [0.2, 0.25) is 0 Å². The van der Waals surface area contributed by atoms with Gasteiger partial charge in [0.25, 0.3) is 0 Å². The van der Waals surface area contributed by atoms with E-state index in [4.69, 9.17) is 0 Å². The maximum atomic E-state index is 2.56. The molecule has 14 rings (SSSR count). The summed E-state index contributed by atoms with van der Waals surface area (Å²) in [6.07, 6.45) is 0. The molecule has 1 aromatic heterocycles. The van der Waals surface area contributed by atoms with E-state index < -0.39 is 5.41 Å². The number of fused-ring (bicyclic) bond motifs is 11. The molecule has 0 N–H and O–H groups in total. The van der Waals surface area contributed by atoms with Gasteiger partial charge in [-0.25, -0.2) is 0 Å². The quantitative estimate of drug-likeness (QED) is 0.145. The molecule has 13 aromatic rings. The molecular formula is C67H44N2. The second-order valence-electron chi connectivity index (χ2n) is 18.4. The Labute approximate surface area is 401 Å². The van der Waals surface area contributed by atoms with Crippen LogP contribution in [-0.4, -0.2) is 4.57 Å². The summed E-state index contributed by atoms with van der Waals surface area (Å²) >= 11 is 0. The van der Waals surface area contributed by atoms with E-state index in [1.807, 2.05) is 0 Å². The van der Waals surface area contributed by atoms with E-state index in [-0.39, 0.29) is 0 Å². The number of nitrogens with zero attached hydrogens (tertiary/aromatic N) is 2. The lowest BCUT2D eigenvalue weighted by molar-refractivity contribution is 0.768. The first-order valence-corrected chi connectivity index (χ1v) is 23.9. The minimum absolute atomic E-state index is 0.477. The zero-order valence-electron chi connectivity index (χ0n) is 37.8. The Morgan fingerprint density at radius 3 is 1.52 bits per heavy atom. The highest BCUT2D eigenvalue weighted by molar-refractivity contribution is 6.25. The van der Waals surface area contributed by atoms with Crippen LogP contribution in [0.1, 0.15) is 22.3 Å². The van der Waals surface area contributed by atoms with Gasteiger partial charge in [-0.05, 0) is 121 Å². The summed E-state index contributed by atoms with van der Waals surface area (Å²) in [6, 6.07) is 98.7. The van der Waals surface area contributed by atoms with E-state index in [9.17, 15) is 0 Å². The van der Waals surface area contributed by atoms with Crippen molar-refractivity contribution in [1.29, 1.82) is 0 Å². The van der Waals surface area contributed by atoms with E-state index in [1.165, 1.54) is 98.8 Å². The molecule has 0 aliphatic heterocycles. The minimum Gasteiger partial charge on any atom is -0.310 e. The topological polar surface area (TPSA) is 8.17 Å². The average Bonchev–Trinajstić information content (AvgIpc) is 3.93. The highest BCUT2D eigenvalue weighted by atomic mass is 15.1. The van der Waals surface area contributed by atoms with Crippen LogP contribution in [0.4, 0.5) is 17.1 Å². The SMILES string of the molecule is c1ccc(-c2cc3ccccc3c3c2c2cc(N(c4ccccc4)c4ccc(C5(c6ccccc6)c6ccccc6-c6ccccc65)cc4)ccc2n3-c2cc3ccccc3c3ccccc23)cc1. The number of rotatable bonds is 7.